The molecule has 1 aliphatic heterocycles. The second-order valence-corrected chi connectivity index (χ2v) is 7.54. The fourth-order valence-corrected chi connectivity index (χ4v) is 3.76. The minimum atomic E-state index is -0.341. The summed E-state index contributed by atoms with van der Waals surface area (Å²) >= 11 is 6.40. The van der Waals surface area contributed by atoms with Gasteiger partial charge in [-0.15, -0.1) is 0 Å². The number of carbonyl (C=O) groups excluding carboxylic acids is 2. The van der Waals surface area contributed by atoms with Crippen molar-refractivity contribution in [3.63, 3.8) is 0 Å². The van der Waals surface area contributed by atoms with Crippen LogP contribution >= 0.6 is 24.0 Å². The minimum Gasteiger partial charge on any atom is -0.508 e. The molecule has 0 aliphatic carbocycles. The van der Waals surface area contributed by atoms with Gasteiger partial charge in [0, 0.05) is 5.69 Å². The van der Waals surface area contributed by atoms with Crippen LogP contribution in [0, 0.1) is 0 Å². The summed E-state index contributed by atoms with van der Waals surface area (Å²) in [4.78, 5) is 26.6. The number of thiocarbonyl (C=S) groups is 1. The number of rotatable bonds is 6. The quantitative estimate of drug-likeness (QED) is 0.555. The maximum absolute atomic E-state index is 12.6. The molecule has 2 aromatic carbocycles. The first-order chi connectivity index (χ1) is 13.5. The minimum absolute atomic E-state index is 0.149. The van der Waals surface area contributed by atoms with Gasteiger partial charge in [0.1, 0.15) is 22.4 Å². The standard InChI is InChI=1S/C20H18N2O4S2/c1-2-26-16-9-5-14(6-10-16)21-18(24)12-22-19(25)17(28-20(22)27)11-13-3-7-15(23)8-4-13/h3-11,23H,2,12H2,1H3,(H,21,24)/b17-11-. The van der Waals surface area contributed by atoms with Crippen molar-refractivity contribution in [1.29, 1.82) is 0 Å². The molecule has 1 saturated heterocycles. The van der Waals surface area contributed by atoms with Crippen LogP contribution in [-0.2, 0) is 9.59 Å². The molecule has 0 bridgehead atoms. The zero-order chi connectivity index (χ0) is 20.1. The third kappa shape index (κ3) is 4.90. The van der Waals surface area contributed by atoms with Crippen molar-refractivity contribution in [3.05, 3.63) is 59.0 Å². The SMILES string of the molecule is CCOc1ccc(NC(=O)CN2C(=O)/C(=C/c3ccc(O)cc3)SC2=S)cc1. The Bertz CT molecular complexity index is 924. The van der Waals surface area contributed by atoms with Crippen molar-refractivity contribution >= 4 is 51.9 Å². The molecular weight excluding hydrogens is 396 g/mol. The van der Waals surface area contributed by atoms with E-state index in [-0.39, 0.29) is 24.1 Å². The number of thioether (sulfide) groups is 1. The summed E-state index contributed by atoms with van der Waals surface area (Å²) in [7, 11) is 0. The molecule has 1 heterocycles. The van der Waals surface area contributed by atoms with Crippen molar-refractivity contribution in [3.8, 4) is 11.5 Å². The molecule has 3 rings (SSSR count). The number of anilines is 1. The van der Waals surface area contributed by atoms with E-state index in [1.54, 1.807) is 42.5 Å². The van der Waals surface area contributed by atoms with Crippen LogP contribution in [0.2, 0.25) is 0 Å². The lowest BCUT2D eigenvalue weighted by atomic mass is 10.2. The van der Waals surface area contributed by atoms with Crippen molar-refractivity contribution in [2.24, 2.45) is 0 Å². The molecule has 28 heavy (non-hydrogen) atoms. The van der Waals surface area contributed by atoms with E-state index >= 15 is 0 Å². The highest BCUT2D eigenvalue weighted by atomic mass is 32.2. The fourth-order valence-electron chi connectivity index (χ4n) is 2.50. The van der Waals surface area contributed by atoms with Gasteiger partial charge in [-0.3, -0.25) is 14.5 Å². The second kappa shape index (κ2) is 8.90. The van der Waals surface area contributed by atoms with Gasteiger partial charge in [0.25, 0.3) is 5.91 Å². The van der Waals surface area contributed by atoms with Crippen molar-refractivity contribution in [2.45, 2.75) is 6.92 Å². The van der Waals surface area contributed by atoms with E-state index in [9.17, 15) is 14.7 Å². The molecule has 0 aromatic heterocycles. The molecule has 0 spiro atoms. The molecule has 1 fully saturated rings. The van der Waals surface area contributed by atoms with E-state index in [2.05, 4.69) is 5.32 Å². The van der Waals surface area contributed by atoms with Crippen LogP contribution in [0.15, 0.2) is 53.4 Å². The summed E-state index contributed by atoms with van der Waals surface area (Å²) in [6.07, 6.45) is 1.68. The van der Waals surface area contributed by atoms with Crippen LogP contribution in [0.25, 0.3) is 6.08 Å². The molecule has 0 atom stereocenters. The van der Waals surface area contributed by atoms with Gasteiger partial charge >= 0.3 is 0 Å². The Hall–Kier alpha value is -2.84. The van der Waals surface area contributed by atoms with Crippen molar-refractivity contribution in [2.75, 3.05) is 18.5 Å². The van der Waals surface area contributed by atoms with Gasteiger partial charge in [0.2, 0.25) is 5.91 Å². The second-order valence-electron chi connectivity index (χ2n) is 5.86. The zero-order valence-electron chi connectivity index (χ0n) is 15.0. The van der Waals surface area contributed by atoms with Crippen LogP contribution in [0.3, 0.4) is 0 Å². The normalized spacial score (nSPS) is 15.2. The monoisotopic (exact) mass is 414 g/mol. The van der Waals surface area contributed by atoms with Gasteiger partial charge in [0.15, 0.2) is 0 Å². The van der Waals surface area contributed by atoms with Crippen LogP contribution in [0.4, 0.5) is 5.69 Å². The number of nitrogens with zero attached hydrogens (tertiary/aromatic N) is 1. The number of nitrogens with one attached hydrogen (secondary N) is 1. The predicted octanol–water partition coefficient (Wildman–Crippen LogP) is 3.63. The van der Waals surface area contributed by atoms with E-state index in [1.165, 1.54) is 17.0 Å². The summed E-state index contributed by atoms with van der Waals surface area (Å²) in [5, 5.41) is 12.1. The van der Waals surface area contributed by atoms with Gasteiger partial charge in [-0.05, 0) is 55.0 Å². The Morgan fingerprint density at radius 2 is 1.89 bits per heavy atom. The first-order valence-electron chi connectivity index (χ1n) is 8.53. The molecule has 2 aromatic rings. The lowest BCUT2D eigenvalue weighted by molar-refractivity contribution is -0.126. The third-order valence-corrected chi connectivity index (χ3v) is 5.19. The molecule has 6 nitrogen and oxygen atoms in total. The molecule has 1 aliphatic rings. The summed E-state index contributed by atoms with van der Waals surface area (Å²) in [5.41, 5.74) is 1.37. The highest BCUT2D eigenvalue weighted by Crippen LogP contribution is 2.32. The summed E-state index contributed by atoms with van der Waals surface area (Å²) in [5.74, 6) is 0.212. The Kier molecular flexibility index (Phi) is 6.33. The molecule has 2 N–H and O–H groups in total. The van der Waals surface area contributed by atoms with Crippen LogP contribution < -0.4 is 10.1 Å². The van der Waals surface area contributed by atoms with E-state index in [0.29, 0.717) is 21.5 Å². The number of hydrogen-bond donors (Lipinski definition) is 2. The average molecular weight is 415 g/mol. The molecule has 8 heteroatoms. The molecule has 144 valence electrons. The van der Waals surface area contributed by atoms with Crippen molar-refractivity contribution in [1.82, 2.24) is 4.90 Å². The fraction of sp³-hybridized carbons (Fsp3) is 0.150. The Morgan fingerprint density at radius 1 is 1.21 bits per heavy atom. The molecule has 2 amide bonds. The van der Waals surface area contributed by atoms with Crippen LogP contribution in [0.1, 0.15) is 12.5 Å². The van der Waals surface area contributed by atoms with Gasteiger partial charge < -0.3 is 15.2 Å². The molecular formula is C20H18N2O4S2. The van der Waals surface area contributed by atoms with E-state index in [0.717, 1.165) is 23.1 Å². The lowest BCUT2D eigenvalue weighted by Gasteiger charge is -2.14. The number of aromatic hydroxyl groups is 1. The van der Waals surface area contributed by atoms with Crippen LogP contribution in [0.5, 0.6) is 11.5 Å². The Morgan fingerprint density at radius 3 is 2.54 bits per heavy atom. The number of carbonyl (C=O) groups is 2. The number of benzene rings is 2. The maximum atomic E-state index is 12.6. The summed E-state index contributed by atoms with van der Waals surface area (Å²) < 4.78 is 5.69. The highest BCUT2D eigenvalue weighted by Gasteiger charge is 2.33. The lowest BCUT2D eigenvalue weighted by Crippen LogP contribution is -2.36. The maximum Gasteiger partial charge on any atom is 0.266 e. The largest absolute Gasteiger partial charge is 0.508 e. The van der Waals surface area contributed by atoms with E-state index < -0.39 is 0 Å². The zero-order valence-corrected chi connectivity index (χ0v) is 16.7. The average Bonchev–Trinajstić information content (AvgIpc) is 2.93. The molecule has 0 unspecified atom stereocenters. The van der Waals surface area contributed by atoms with Gasteiger partial charge in [-0.25, -0.2) is 0 Å². The van der Waals surface area contributed by atoms with Gasteiger partial charge in [-0.2, -0.15) is 0 Å². The number of ether oxygens (including phenoxy) is 1. The number of phenols is 1. The summed E-state index contributed by atoms with van der Waals surface area (Å²) in [6.45, 7) is 2.30. The van der Waals surface area contributed by atoms with Crippen LogP contribution in [-0.4, -0.2) is 39.3 Å². The molecule has 0 radical (unpaired) electrons. The molecule has 0 saturated carbocycles. The first-order valence-corrected chi connectivity index (χ1v) is 9.76. The Balaban J connectivity index is 1.63. The predicted molar refractivity (Wildman–Crippen MR) is 114 cm³/mol. The van der Waals surface area contributed by atoms with Gasteiger partial charge in [0.05, 0.1) is 11.5 Å². The van der Waals surface area contributed by atoms with E-state index in [4.69, 9.17) is 17.0 Å². The number of phenolic OH excluding ortho intramolecular Hbond substituents is 1. The van der Waals surface area contributed by atoms with Crippen molar-refractivity contribution < 1.29 is 19.4 Å². The van der Waals surface area contributed by atoms with E-state index in [1.807, 2.05) is 6.92 Å². The highest BCUT2D eigenvalue weighted by molar-refractivity contribution is 8.26. The summed E-state index contributed by atoms with van der Waals surface area (Å²) in [6, 6.07) is 13.5. The number of hydrogen-bond acceptors (Lipinski definition) is 6. The Labute approximate surface area is 172 Å². The number of amides is 2. The third-order valence-electron chi connectivity index (χ3n) is 3.82. The topological polar surface area (TPSA) is 78.9 Å². The smallest absolute Gasteiger partial charge is 0.266 e. The van der Waals surface area contributed by atoms with Gasteiger partial charge in [-0.1, -0.05) is 36.1 Å². The first kappa shape index (κ1) is 19.9.